The first-order valence-electron chi connectivity index (χ1n) is 7.87. The molecule has 0 N–H and O–H groups in total. The van der Waals surface area contributed by atoms with Crippen LogP contribution in [0.15, 0.2) is 28.9 Å². The van der Waals surface area contributed by atoms with Gasteiger partial charge in [-0.15, -0.1) is 0 Å². The summed E-state index contributed by atoms with van der Waals surface area (Å²) in [6.07, 6.45) is 3.48. The standard InChI is InChI=1S/C19H19BrN2O2/c1-11-4-12(16-7-14(20)10-22-17(16)9-21)5-13-6-15(23-2)8-18(24-3)19(11)13/h6-8,10-12H,4-5H2,1-3H3/t11-,12+/m0/s1. The van der Waals surface area contributed by atoms with Crippen molar-refractivity contribution in [2.45, 2.75) is 31.6 Å². The van der Waals surface area contributed by atoms with Gasteiger partial charge in [0.15, 0.2) is 0 Å². The molecule has 0 aliphatic heterocycles. The minimum Gasteiger partial charge on any atom is -0.497 e. The fourth-order valence-electron chi connectivity index (χ4n) is 3.66. The smallest absolute Gasteiger partial charge is 0.143 e. The van der Waals surface area contributed by atoms with Crippen LogP contribution >= 0.6 is 15.9 Å². The SMILES string of the molecule is COc1cc2c(c(OC)c1)[C@@H](C)C[C@@H](c1cc(Br)cnc1C#N)C2. The van der Waals surface area contributed by atoms with Crippen molar-refractivity contribution in [3.8, 4) is 17.6 Å². The van der Waals surface area contributed by atoms with Crippen molar-refractivity contribution in [2.75, 3.05) is 14.2 Å². The molecule has 0 unspecified atom stereocenters. The molecule has 1 heterocycles. The summed E-state index contributed by atoms with van der Waals surface area (Å²) < 4.78 is 11.9. The zero-order chi connectivity index (χ0) is 17.3. The molecule has 0 saturated carbocycles. The molecule has 0 bridgehead atoms. The lowest BCUT2D eigenvalue weighted by atomic mass is 9.74. The molecule has 1 aromatic carbocycles. The summed E-state index contributed by atoms with van der Waals surface area (Å²) in [5.41, 5.74) is 3.98. The molecule has 0 radical (unpaired) electrons. The highest BCUT2D eigenvalue weighted by atomic mass is 79.9. The Labute approximate surface area is 150 Å². The van der Waals surface area contributed by atoms with Gasteiger partial charge >= 0.3 is 0 Å². The van der Waals surface area contributed by atoms with Crippen molar-refractivity contribution in [3.05, 3.63) is 51.3 Å². The topological polar surface area (TPSA) is 55.1 Å². The van der Waals surface area contributed by atoms with Crippen LogP contribution in [-0.2, 0) is 6.42 Å². The number of halogens is 1. The molecule has 0 amide bonds. The maximum Gasteiger partial charge on any atom is 0.143 e. The van der Waals surface area contributed by atoms with Gasteiger partial charge in [-0.1, -0.05) is 6.92 Å². The van der Waals surface area contributed by atoms with E-state index in [1.54, 1.807) is 20.4 Å². The van der Waals surface area contributed by atoms with E-state index >= 15 is 0 Å². The Balaban J connectivity index is 2.07. The van der Waals surface area contributed by atoms with Gasteiger partial charge in [-0.2, -0.15) is 5.26 Å². The molecular weight excluding hydrogens is 368 g/mol. The van der Waals surface area contributed by atoms with Gasteiger partial charge in [-0.05, 0) is 63.9 Å². The number of fused-ring (bicyclic) bond motifs is 1. The van der Waals surface area contributed by atoms with Crippen molar-refractivity contribution >= 4 is 15.9 Å². The largest absolute Gasteiger partial charge is 0.497 e. The summed E-state index contributed by atoms with van der Waals surface area (Å²) in [5.74, 6) is 2.27. The lowest BCUT2D eigenvalue weighted by Gasteiger charge is -2.31. The molecule has 0 spiro atoms. The monoisotopic (exact) mass is 386 g/mol. The predicted molar refractivity (Wildman–Crippen MR) is 95.7 cm³/mol. The zero-order valence-corrected chi connectivity index (χ0v) is 15.6. The van der Waals surface area contributed by atoms with Crippen LogP contribution < -0.4 is 9.47 Å². The number of methoxy groups -OCH3 is 2. The van der Waals surface area contributed by atoms with E-state index in [0.717, 1.165) is 34.4 Å². The van der Waals surface area contributed by atoms with Crippen molar-refractivity contribution < 1.29 is 9.47 Å². The Morgan fingerprint density at radius 3 is 2.71 bits per heavy atom. The highest BCUT2D eigenvalue weighted by molar-refractivity contribution is 9.10. The van der Waals surface area contributed by atoms with Gasteiger partial charge in [0.25, 0.3) is 0 Å². The second kappa shape index (κ2) is 6.82. The predicted octanol–water partition coefficient (Wildman–Crippen LogP) is 4.57. The maximum atomic E-state index is 9.40. The van der Waals surface area contributed by atoms with Crippen LogP contribution in [0.4, 0.5) is 0 Å². The molecule has 5 heteroatoms. The van der Waals surface area contributed by atoms with Gasteiger partial charge in [0.05, 0.1) is 14.2 Å². The highest BCUT2D eigenvalue weighted by Gasteiger charge is 2.30. The van der Waals surface area contributed by atoms with Gasteiger partial charge in [-0.3, -0.25) is 0 Å². The third-order valence-corrected chi connectivity index (χ3v) is 5.12. The summed E-state index contributed by atoms with van der Waals surface area (Å²) >= 11 is 3.47. The number of rotatable bonds is 3. The summed E-state index contributed by atoms with van der Waals surface area (Å²) in [4.78, 5) is 4.26. The molecule has 0 fully saturated rings. The number of hydrogen-bond donors (Lipinski definition) is 0. The van der Waals surface area contributed by atoms with Gasteiger partial charge in [-0.25, -0.2) is 4.98 Å². The number of nitrogens with zero attached hydrogens (tertiary/aromatic N) is 2. The molecule has 2 atom stereocenters. The van der Waals surface area contributed by atoms with E-state index in [-0.39, 0.29) is 5.92 Å². The van der Waals surface area contributed by atoms with Gasteiger partial charge in [0, 0.05) is 22.3 Å². The molecule has 24 heavy (non-hydrogen) atoms. The van der Waals surface area contributed by atoms with Crippen LogP contribution in [0.5, 0.6) is 11.5 Å². The first kappa shape index (κ1) is 16.8. The van der Waals surface area contributed by atoms with E-state index in [2.05, 4.69) is 40.0 Å². The van der Waals surface area contributed by atoms with E-state index in [4.69, 9.17) is 9.47 Å². The summed E-state index contributed by atoms with van der Waals surface area (Å²) in [7, 11) is 3.36. The van der Waals surface area contributed by atoms with E-state index in [0.29, 0.717) is 11.6 Å². The Hall–Kier alpha value is -2.06. The number of ether oxygens (including phenoxy) is 2. The van der Waals surface area contributed by atoms with Gasteiger partial charge in [0.1, 0.15) is 23.3 Å². The van der Waals surface area contributed by atoms with Crippen molar-refractivity contribution in [2.24, 2.45) is 0 Å². The van der Waals surface area contributed by atoms with Crippen molar-refractivity contribution in [3.63, 3.8) is 0 Å². The Kier molecular flexibility index (Phi) is 4.77. The highest BCUT2D eigenvalue weighted by Crippen LogP contribution is 2.45. The molecule has 124 valence electrons. The molecule has 4 nitrogen and oxygen atoms in total. The summed E-state index contributed by atoms with van der Waals surface area (Å²) in [6.45, 7) is 2.21. The third kappa shape index (κ3) is 2.99. The molecule has 2 aromatic rings. The summed E-state index contributed by atoms with van der Waals surface area (Å²) in [5, 5.41) is 9.40. The van der Waals surface area contributed by atoms with Crippen LogP contribution in [0.1, 0.15) is 47.6 Å². The van der Waals surface area contributed by atoms with Crippen LogP contribution in [0.2, 0.25) is 0 Å². The average Bonchev–Trinajstić information content (AvgIpc) is 2.60. The fourth-order valence-corrected chi connectivity index (χ4v) is 4.01. The van der Waals surface area contributed by atoms with E-state index in [9.17, 15) is 5.26 Å². The lowest BCUT2D eigenvalue weighted by Crippen LogP contribution is -2.18. The molecule has 1 aromatic heterocycles. The van der Waals surface area contributed by atoms with Gasteiger partial charge < -0.3 is 9.47 Å². The Morgan fingerprint density at radius 2 is 2.04 bits per heavy atom. The lowest BCUT2D eigenvalue weighted by molar-refractivity contribution is 0.380. The van der Waals surface area contributed by atoms with Crippen LogP contribution in [0.3, 0.4) is 0 Å². The van der Waals surface area contributed by atoms with Gasteiger partial charge in [0.2, 0.25) is 0 Å². The first-order valence-corrected chi connectivity index (χ1v) is 8.67. The fraction of sp³-hybridized carbons (Fsp3) is 0.368. The number of benzene rings is 1. The van der Waals surface area contributed by atoms with E-state index in [1.807, 2.05) is 12.1 Å². The molecule has 1 aliphatic carbocycles. The van der Waals surface area contributed by atoms with E-state index < -0.39 is 0 Å². The molecule has 0 saturated heterocycles. The zero-order valence-electron chi connectivity index (χ0n) is 14.0. The minimum absolute atomic E-state index is 0.254. The number of nitriles is 1. The van der Waals surface area contributed by atoms with Crippen molar-refractivity contribution in [1.29, 1.82) is 5.26 Å². The van der Waals surface area contributed by atoms with E-state index in [1.165, 1.54) is 11.1 Å². The quantitative estimate of drug-likeness (QED) is 0.775. The Morgan fingerprint density at radius 1 is 1.25 bits per heavy atom. The number of hydrogen-bond acceptors (Lipinski definition) is 4. The normalized spacial score (nSPS) is 19.3. The van der Waals surface area contributed by atoms with Crippen LogP contribution in [-0.4, -0.2) is 19.2 Å². The summed E-state index contributed by atoms with van der Waals surface area (Å²) in [6, 6.07) is 8.26. The second-order valence-corrected chi connectivity index (χ2v) is 7.06. The average molecular weight is 387 g/mol. The molecule has 1 aliphatic rings. The second-order valence-electron chi connectivity index (χ2n) is 6.14. The maximum absolute atomic E-state index is 9.40. The number of aromatic nitrogens is 1. The first-order chi connectivity index (χ1) is 11.6. The third-order valence-electron chi connectivity index (χ3n) is 4.68. The number of pyridine rings is 1. The van der Waals surface area contributed by atoms with Crippen LogP contribution in [0.25, 0.3) is 0 Å². The minimum atomic E-state index is 0.254. The Bertz CT molecular complexity index is 814. The van der Waals surface area contributed by atoms with Crippen LogP contribution in [0, 0.1) is 11.3 Å². The van der Waals surface area contributed by atoms with Crippen molar-refractivity contribution in [1.82, 2.24) is 4.98 Å². The molecular formula is C19H19BrN2O2. The molecule has 3 rings (SSSR count).